The van der Waals surface area contributed by atoms with Crippen LogP contribution in [-0.2, 0) is 19.1 Å². The lowest BCUT2D eigenvalue weighted by atomic mass is 10.0. The molecular formula is C19H32N2O8. The Morgan fingerprint density at radius 1 is 0.931 bits per heavy atom. The summed E-state index contributed by atoms with van der Waals surface area (Å²) in [5, 5.41) is 18.4. The molecule has 10 heteroatoms. The highest BCUT2D eigenvalue weighted by atomic mass is 16.6. The number of likely N-dealkylation sites (tertiary alicyclic amines) is 2. The number of aliphatic carboxylic acids is 1. The van der Waals surface area contributed by atoms with Gasteiger partial charge in [0.05, 0.1) is 13.1 Å². The minimum absolute atomic E-state index is 0.0293. The van der Waals surface area contributed by atoms with Crippen molar-refractivity contribution in [2.75, 3.05) is 26.2 Å². The normalized spacial score (nSPS) is 22.1. The molecule has 2 heterocycles. The first-order valence-electron chi connectivity index (χ1n) is 9.46. The van der Waals surface area contributed by atoms with E-state index in [-0.39, 0.29) is 31.8 Å². The molecule has 2 N–H and O–H groups in total. The number of amides is 2. The van der Waals surface area contributed by atoms with Gasteiger partial charge in [0.2, 0.25) is 0 Å². The maximum Gasteiger partial charge on any atom is 0.410 e. The maximum absolute atomic E-state index is 11.6. The number of nitrogens with zero attached hydrogens (tertiary/aromatic N) is 2. The van der Waals surface area contributed by atoms with Crippen LogP contribution >= 0.6 is 0 Å². The number of carboxylic acid groups (broad SMARTS) is 1. The van der Waals surface area contributed by atoms with E-state index in [2.05, 4.69) is 0 Å². The molecule has 1 unspecified atom stereocenters. The third kappa shape index (κ3) is 8.26. The first kappa shape index (κ1) is 24.7. The van der Waals surface area contributed by atoms with Crippen molar-refractivity contribution in [2.24, 2.45) is 0 Å². The van der Waals surface area contributed by atoms with Crippen molar-refractivity contribution in [1.29, 1.82) is 0 Å². The fourth-order valence-electron chi connectivity index (χ4n) is 2.56. The van der Waals surface area contributed by atoms with Gasteiger partial charge in [0.25, 0.3) is 0 Å². The monoisotopic (exact) mass is 416 g/mol. The highest BCUT2D eigenvalue weighted by Crippen LogP contribution is 2.23. The lowest BCUT2D eigenvalue weighted by Crippen LogP contribution is -2.43. The van der Waals surface area contributed by atoms with Crippen LogP contribution in [0.1, 0.15) is 54.4 Å². The van der Waals surface area contributed by atoms with Crippen LogP contribution in [0.2, 0.25) is 0 Å². The van der Waals surface area contributed by atoms with E-state index in [0.29, 0.717) is 13.0 Å². The smallest absolute Gasteiger partial charge is 0.410 e. The number of ketones is 1. The number of hydrogen-bond donors (Lipinski definition) is 2. The van der Waals surface area contributed by atoms with E-state index in [0.717, 1.165) is 0 Å². The molecule has 166 valence electrons. The average Bonchev–Trinajstić information content (AvgIpc) is 3.12. The summed E-state index contributed by atoms with van der Waals surface area (Å²) in [5.41, 5.74) is -2.94. The lowest BCUT2D eigenvalue weighted by Gasteiger charge is -2.25. The Balaban J connectivity index is 0.000000296. The number of carboxylic acids is 1. The van der Waals surface area contributed by atoms with Gasteiger partial charge in [-0.3, -0.25) is 4.79 Å². The summed E-state index contributed by atoms with van der Waals surface area (Å²) >= 11 is 0. The van der Waals surface area contributed by atoms with E-state index >= 15 is 0 Å². The van der Waals surface area contributed by atoms with Crippen LogP contribution in [0.25, 0.3) is 0 Å². The minimum Gasteiger partial charge on any atom is -0.479 e. The molecule has 0 aliphatic carbocycles. The molecule has 2 rings (SSSR count). The van der Waals surface area contributed by atoms with Crippen molar-refractivity contribution in [3.63, 3.8) is 0 Å². The number of β-amino-alcohol motifs (C(OH)–C–C–N with tert-alkyl or cyclic N) is 1. The summed E-state index contributed by atoms with van der Waals surface area (Å²) in [6, 6.07) is 0. The molecule has 2 saturated heterocycles. The molecule has 0 spiro atoms. The lowest BCUT2D eigenvalue weighted by molar-refractivity contribution is -0.156. The number of rotatable bonds is 1. The van der Waals surface area contributed by atoms with Gasteiger partial charge >= 0.3 is 18.2 Å². The van der Waals surface area contributed by atoms with Gasteiger partial charge in [-0.2, -0.15) is 0 Å². The topological polar surface area (TPSA) is 134 Å². The molecule has 0 aromatic heterocycles. The first-order valence-corrected chi connectivity index (χ1v) is 9.46. The highest BCUT2D eigenvalue weighted by molar-refractivity contribution is 5.87. The Morgan fingerprint density at radius 2 is 1.41 bits per heavy atom. The van der Waals surface area contributed by atoms with Crippen LogP contribution in [-0.4, -0.2) is 86.9 Å². The van der Waals surface area contributed by atoms with Gasteiger partial charge in [-0.05, 0) is 41.5 Å². The third-order valence-corrected chi connectivity index (χ3v) is 3.98. The van der Waals surface area contributed by atoms with Crippen LogP contribution in [0.15, 0.2) is 0 Å². The third-order valence-electron chi connectivity index (χ3n) is 3.98. The van der Waals surface area contributed by atoms with Crippen molar-refractivity contribution in [3.05, 3.63) is 0 Å². The number of Topliss-reactive ketones (excluding diaryl/α,β-unsaturated/α-hetero) is 1. The van der Waals surface area contributed by atoms with E-state index in [1.165, 1.54) is 9.80 Å². The SMILES string of the molecule is CC(C)(C)OC(=O)N1CCC(=O)C1.CC(C)(C)OC(=O)N1CCC(O)(C(=O)O)C1. The molecule has 2 aliphatic heterocycles. The number of carbonyl (C=O) groups is 4. The summed E-state index contributed by atoms with van der Waals surface area (Å²) in [5.74, 6) is -1.20. The highest BCUT2D eigenvalue weighted by Gasteiger charge is 2.45. The van der Waals surface area contributed by atoms with E-state index in [9.17, 15) is 24.3 Å². The predicted octanol–water partition coefficient (Wildman–Crippen LogP) is 1.64. The Labute approximate surface area is 170 Å². The average molecular weight is 416 g/mol. The van der Waals surface area contributed by atoms with Crippen molar-refractivity contribution < 1.29 is 38.9 Å². The number of hydrogen-bond acceptors (Lipinski definition) is 7. The van der Waals surface area contributed by atoms with Crippen molar-refractivity contribution in [3.8, 4) is 0 Å². The Morgan fingerprint density at radius 3 is 1.76 bits per heavy atom. The van der Waals surface area contributed by atoms with Crippen LogP contribution in [0.5, 0.6) is 0 Å². The van der Waals surface area contributed by atoms with Gasteiger partial charge in [-0.25, -0.2) is 14.4 Å². The van der Waals surface area contributed by atoms with E-state index in [1.807, 2.05) is 20.8 Å². The first-order chi connectivity index (χ1) is 13.0. The minimum atomic E-state index is -1.84. The number of aliphatic hydroxyl groups is 1. The zero-order chi connectivity index (χ0) is 22.6. The largest absolute Gasteiger partial charge is 0.479 e. The quantitative estimate of drug-likeness (QED) is 0.659. The predicted molar refractivity (Wildman–Crippen MR) is 102 cm³/mol. The Bertz CT molecular complexity index is 650. The van der Waals surface area contributed by atoms with Gasteiger partial charge in [-0.1, -0.05) is 0 Å². The number of ether oxygens (including phenoxy) is 2. The zero-order valence-electron chi connectivity index (χ0n) is 18.0. The molecule has 0 aromatic rings. The van der Waals surface area contributed by atoms with Crippen LogP contribution in [0, 0.1) is 0 Å². The fourth-order valence-corrected chi connectivity index (χ4v) is 2.56. The maximum atomic E-state index is 11.6. The standard InChI is InChI=1S/C10H17NO5.C9H15NO3/c1-9(2,3)16-8(14)11-5-4-10(15,6-11)7(12)13;1-9(2,3)13-8(12)10-5-4-7(11)6-10/h15H,4-6H2,1-3H3,(H,12,13);4-6H2,1-3H3. The van der Waals surface area contributed by atoms with Gasteiger partial charge in [0.1, 0.15) is 11.2 Å². The van der Waals surface area contributed by atoms with Gasteiger partial charge in [0.15, 0.2) is 11.4 Å². The summed E-state index contributed by atoms with van der Waals surface area (Å²) in [4.78, 5) is 47.2. The van der Waals surface area contributed by atoms with Crippen LogP contribution < -0.4 is 0 Å². The van der Waals surface area contributed by atoms with Crippen LogP contribution in [0.4, 0.5) is 9.59 Å². The molecule has 10 nitrogen and oxygen atoms in total. The zero-order valence-corrected chi connectivity index (χ0v) is 18.0. The molecule has 2 amide bonds. The van der Waals surface area contributed by atoms with E-state index < -0.39 is 35.0 Å². The Kier molecular flexibility index (Phi) is 7.64. The molecule has 29 heavy (non-hydrogen) atoms. The molecule has 1 atom stereocenters. The molecule has 0 saturated carbocycles. The summed E-state index contributed by atoms with van der Waals surface area (Å²) in [6.07, 6.45) is -0.496. The van der Waals surface area contributed by atoms with Crippen LogP contribution in [0.3, 0.4) is 0 Å². The van der Waals surface area contributed by atoms with Crippen molar-refractivity contribution >= 4 is 23.9 Å². The summed E-state index contributed by atoms with van der Waals surface area (Å²) in [7, 11) is 0. The second kappa shape index (κ2) is 8.98. The van der Waals surface area contributed by atoms with E-state index in [1.54, 1.807) is 20.8 Å². The van der Waals surface area contributed by atoms with Crippen molar-refractivity contribution in [1.82, 2.24) is 9.80 Å². The molecule has 0 aromatic carbocycles. The van der Waals surface area contributed by atoms with Gasteiger partial charge < -0.3 is 29.5 Å². The second-order valence-corrected chi connectivity index (χ2v) is 9.18. The molecule has 2 fully saturated rings. The second-order valence-electron chi connectivity index (χ2n) is 9.18. The number of carbonyl (C=O) groups excluding carboxylic acids is 3. The molecular weight excluding hydrogens is 384 g/mol. The van der Waals surface area contributed by atoms with E-state index in [4.69, 9.17) is 14.6 Å². The fraction of sp³-hybridized carbons (Fsp3) is 0.789. The van der Waals surface area contributed by atoms with Gasteiger partial charge in [0, 0.05) is 25.9 Å². The Hall–Kier alpha value is -2.36. The summed E-state index contributed by atoms with van der Waals surface area (Å²) < 4.78 is 10.2. The molecule has 0 bridgehead atoms. The summed E-state index contributed by atoms with van der Waals surface area (Å²) in [6.45, 7) is 11.3. The van der Waals surface area contributed by atoms with Crippen molar-refractivity contribution in [2.45, 2.75) is 71.2 Å². The molecule has 0 radical (unpaired) electrons. The van der Waals surface area contributed by atoms with Gasteiger partial charge in [-0.15, -0.1) is 0 Å². The molecule has 2 aliphatic rings.